The molecular formula is C51H30IO2-. The molecule has 0 radical (unpaired) electrons. The molecular weight excluding hydrogens is 771 g/mol. The Hall–Kier alpha value is -4.74. The van der Waals surface area contributed by atoms with Crippen molar-refractivity contribution in [3.63, 3.8) is 0 Å². The standard InChI is InChI=1S/C51H30IO2/c1-54-31(53)8-5-19-50(20-6-3-2-4-7-20)51-46-42-36-25-13-11-23-21-9-10-22-24-12-14-26-28-16-18-30-29-17-15-27(25)38(42)48(29)52(50,51)49(30)39(28)43-37(26)35(24)41-33(22)32(21)40(34(23)36)44(46)45(41)47(43)51/h2-4,6-7,9-18,21,23,29,32,38,48H,5,8,19H2,1H3/q-1. The van der Waals surface area contributed by atoms with Crippen LogP contribution in [0.1, 0.15) is 98.6 Å². The zero-order chi connectivity index (χ0) is 34.3. The average molecular weight is 802 g/mol. The third-order valence-corrected chi connectivity index (χ3v) is 32.9. The normalized spacial score (nSPS) is 37.2. The van der Waals surface area contributed by atoms with E-state index in [-0.39, 0.29) is 12.8 Å². The van der Waals surface area contributed by atoms with Crippen molar-refractivity contribution in [2.75, 3.05) is 7.11 Å². The minimum absolute atomic E-state index is 0.000757. The van der Waals surface area contributed by atoms with Gasteiger partial charge < -0.3 is 0 Å². The second-order valence-electron chi connectivity index (χ2n) is 18.3. The number of rotatable bonds is 5. The van der Waals surface area contributed by atoms with Crippen LogP contribution < -0.4 is 18.4 Å². The van der Waals surface area contributed by atoms with Crippen LogP contribution in [0, 0.1) is 9.49 Å². The van der Waals surface area contributed by atoms with Crippen molar-refractivity contribution in [2.45, 2.75) is 53.7 Å². The van der Waals surface area contributed by atoms with E-state index >= 15 is 0 Å². The first-order valence-electron chi connectivity index (χ1n) is 20.2. The maximum absolute atomic E-state index is 13.0. The molecule has 5 aromatic carbocycles. The fourth-order valence-corrected chi connectivity index (χ4v) is 38.7. The van der Waals surface area contributed by atoms with Crippen molar-refractivity contribution in [1.29, 1.82) is 0 Å². The summed E-state index contributed by atoms with van der Waals surface area (Å²) in [5, 5.41) is 3.16. The fourth-order valence-electron chi connectivity index (χ4n) is 16.7. The second-order valence-corrected chi connectivity index (χ2v) is 27.8. The monoisotopic (exact) mass is 801 g/mol. The molecule has 2 nitrogen and oxygen atoms in total. The van der Waals surface area contributed by atoms with Crippen molar-refractivity contribution in [1.82, 2.24) is 0 Å². The van der Waals surface area contributed by atoms with Crippen molar-refractivity contribution in [3.05, 3.63) is 156 Å². The molecule has 0 saturated carbocycles. The van der Waals surface area contributed by atoms with Crippen LogP contribution in [0.15, 0.2) is 96.6 Å². The third kappa shape index (κ3) is 1.87. The molecule has 54 heavy (non-hydrogen) atoms. The fraction of sp³-hybridized carbons (Fsp3) is 0.235. The first-order valence-corrected chi connectivity index (χ1v) is 24.7. The number of allylic oxidation sites excluding steroid dienone is 10. The Kier molecular flexibility index (Phi) is 3.49. The molecule has 1 fully saturated rings. The van der Waals surface area contributed by atoms with Gasteiger partial charge in [0.2, 0.25) is 0 Å². The zero-order valence-corrected chi connectivity index (χ0v) is 31.6. The van der Waals surface area contributed by atoms with Gasteiger partial charge in [-0.25, -0.2) is 0 Å². The van der Waals surface area contributed by atoms with Gasteiger partial charge in [-0.2, -0.15) is 0 Å². The first-order chi connectivity index (χ1) is 26.7. The van der Waals surface area contributed by atoms with Gasteiger partial charge in [-0.15, -0.1) is 0 Å². The number of halogens is 1. The molecule has 5 aromatic rings. The number of methoxy groups -OCH3 is 1. The van der Waals surface area contributed by atoms with Gasteiger partial charge in [0.05, 0.1) is 0 Å². The van der Waals surface area contributed by atoms with Gasteiger partial charge in [-0.3, -0.25) is 0 Å². The number of fused-ring (bicyclic) bond motifs is 4. The molecule has 18 rings (SSSR count). The summed E-state index contributed by atoms with van der Waals surface area (Å²) >= 11 is -3.31. The Balaban J connectivity index is 1.16. The van der Waals surface area contributed by atoms with Crippen LogP contribution in [0.4, 0.5) is 0 Å². The number of hydrogen-bond acceptors (Lipinski definition) is 2. The van der Waals surface area contributed by atoms with Gasteiger partial charge in [0.1, 0.15) is 0 Å². The Labute approximate surface area is 315 Å². The van der Waals surface area contributed by atoms with Gasteiger partial charge in [-0.1, -0.05) is 0 Å². The molecule has 9 unspecified atom stereocenters. The van der Waals surface area contributed by atoms with E-state index in [4.69, 9.17) is 4.74 Å². The summed E-state index contributed by atoms with van der Waals surface area (Å²) < 4.78 is 7.85. The third-order valence-electron chi connectivity index (χ3n) is 17.5. The van der Waals surface area contributed by atoms with Crippen LogP contribution in [-0.4, -0.2) is 17.0 Å². The molecule has 3 heteroatoms. The Morgan fingerprint density at radius 3 is 2.46 bits per heavy atom. The number of alkyl halides is 3. The van der Waals surface area contributed by atoms with Gasteiger partial charge in [0.15, 0.2) is 0 Å². The molecule has 0 N–H and O–H groups in total. The minimum atomic E-state index is -3.31. The molecule has 2 spiro atoms. The van der Waals surface area contributed by atoms with Crippen molar-refractivity contribution < 1.29 is 28.0 Å². The van der Waals surface area contributed by atoms with E-state index in [9.17, 15) is 4.79 Å². The van der Waals surface area contributed by atoms with Gasteiger partial charge in [0.25, 0.3) is 0 Å². The Morgan fingerprint density at radius 2 is 1.56 bits per heavy atom. The summed E-state index contributed by atoms with van der Waals surface area (Å²) in [4.78, 5) is 13.0. The van der Waals surface area contributed by atoms with E-state index < -0.39 is 18.4 Å². The molecule has 0 bridgehead atoms. The molecule has 0 aromatic heterocycles. The van der Waals surface area contributed by atoms with Crippen LogP contribution in [0.5, 0.6) is 0 Å². The molecule has 9 atom stereocenters. The van der Waals surface area contributed by atoms with E-state index in [0.29, 0.717) is 39.9 Å². The van der Waals surface area contributed by atoms with Gasteiger partial charge >= 0.3 is 317 Å². The van der Waals surface area contributed by atoms with E-state index in [1.165, 1.54) is 22.3 Å². The Morgan fingerprint density at radius 1 is 0.722 bits per heavy atom. The molecule has 1 saturated heterocycles. The maximum atomic E-state index is 13.0. The van der Waals surface area contributed by atoms with E-state index in [2.05, 4.69) is 91.1 Å². The molecule has 4 aliphatic heterocycles. The van der Waals surface area contributed by atoms with Crippen molar-refractivity contribution in [3.8, 4) is 33.4 Å². The summed E-state index contributed by atoms with van der Waals surface area (Å²) in [5.41, 5.74) is 33.0. The van der Waals surface area contributed by atoms with Crippen molar-refractivity contribution in [2.24, 2.45) is 5.92 Å². The van der Waals surface area contributed by atoms with Crippen LogP contribution in [-0.2, 0) is 16.4 Å². The Bertz CT molecular complexity index is 3240. The van der Waals surface area contributed by atoms with E-state index in [0.717, 1.165) is 12.8 Å². The number of carbonyl (C=O) groups is 1. The van der Waals surface area contributed by atoms with Gasteiger partial charge in [0, 0.05) is 0 Å². The SMILES string of the molecule is COC(=O)CCCC1(c2ccccc2)C23c4c5c6c7c8c4C4C9=C8C=CC7C7C=CC8=C(c%10c-5c2c2c5c(ccc8c%105)-c5ccc8c(c5-2)[I-]13C4C8C=C9)C67. The van der Waals surface area contributed by atoms with Crippen LogP contribution in [0.3, 0.4) is 0 Å². The van der Waals surface area contributed by atoms with Crippen LogP contribution in [0.25, 0.3) is 60.9 Å². The molecule has 9 aliphatic carbocycles. The molecule has 13 aliphatic rings. The summed E-state index contributed by atoms with van der Waals surface area (Å²) in [6.07, 6.45) is 18.2. The average Bonchev–Trinajstić information content (AvgIpc) is 3.86. The number of esters is 1. The molecule has 254 valence electrons. The topological polar surface area (TPSA) is 26.3 Å². The molecule has 0 amide bonds. The predicted octanol–water partition coefficient (Wildman–Crippen LogP) is 7.38. The zero-order valence-electron chi connectivity index (χ0n) is 29.4. The number of benzene rings is 5. The van der Waals surface area contributed by atoms with Gasteiger partial charge in [-0.05, 0) is 0 Å². The van der Waals surface area contributed by atoms with Crippen molar-refractivity contribution >= 4 is 33.5 Å². The summed E-state index contributed by atoms with van der Waals surface area (Å²) in [6.45, 7) is 0. The quantitative estimate of drug-likeness (QED) is 0.103. The predicted molar refractivity (Wildman–Crippen MR) is 207 cm³/mol. The second kappa shape index (κ2) is 7.21. The molecule has 4 heterocycles. The van der Waals surface area contributed by atoms with Crippen LogP contribution in [0.2, 0.25) is 0 Å². The number of carbonyl (C=O) groups excluding carboxylic acids is 1. The first kappa shape index (κ1) is 26.1. The van der Waals surface area contributed by atoms with E-state index in [1.54, 1.807) is 101 Å². The van der Waals surface area contributed by atoms with E-state index in [1.807, 2.05) is 9.13 Å². The summed E-state index contributed by atoms with van der Waals surface area (Å²) in [7, 11) is 1.57. The number of hydrogen-bond donors (Lipinski definition) is 0. The van der Waals surface area contributed by atoms with Crippen LogP contribution >= 0.6 is 0 Å². The summed E-state index contributed by atoms with van der Waals surface area (Å²) in [6, 6.07) is 22.2. The number of ether oxygens (including phenoxy) is 1. The summed E-state index contributed by atoms with van der Waals surface area (Å²) in [5.74, 6) is 2.22.